The van der Waals surface area contributed by atoms with Crippen molar-refractivity contribution in [3.05, 3.63) is 59.9 Å². The fourth-order valence-electron chi connectivity index (χ4n) is 1.86. The van der Waals surface area contributed by atoms with Crippen LogP contribution in [0.1, 0.15) is 27.1 Å². The molecule has 6 heteroatoms. The molecule has 1 heterocycles. The fraction of sp³-hybridized carbons (Fsp3) is 0.188. The number of carbonyl (C=O) groups is 2. The Morgan fingerprint density at radius 1 is 1.09 bits per heavy atom. The third-order valence-corrected chi connectivity index (χ3v) is 4.03. The number of amides is 1. The van der Waals surface area contributed by atoms with Crippen LogP contribution in [0.25, 0.3) is 0 Å². The molecule has 5 nitrogen and oxygen atoms in total. The molecule has 1 aromatic heterocycles. The molecule has 114 valence electrons. The van der Waals surface area contributed by atoms with Gasteiger partial charge >= 0.3 is 5.97 Å². The summed E-state index contributed by atoms with van der Waals surface area (Å²) in [6, 6.07) is 10.1. The molecule has 0 atom stereocenters. The number of carboxylic acids is 1. The Balaban J connectivity index is 1.78. The molecule has 0 aliphatic heterocycles. The number of rotatable bonds is 7. The molecule has 2 rings (SSSR count). The lowest BCUT2D eigenvalue weighted by Crippen LogP contribution is -2.26. The standard InChI is InChI=1S/C16H16N2O3S/c19-15(13-4-1-2-5-14(13)16(20)21)18-8-3-11-22-12-6-9-17-10-7-12/h1-2,4-7,9-10H,3,8,11H2,(H,18,19)(H,20,21). The maximum Gasteiger partial charge on any atom is 0.336 e. The van der Waals surface area contributed by atoms with Gasteiger partial charge in [-0.25, -0.2) is 4.79 Å². The van der Waals surface area contributed by atoms with Crippen molar-refractivity contribution in [2.75, 3.05) is 12.3 Å². The van der Waals surface area contributed by atoms with Gasteiger partial charge in [-0.15, -0.1) is 11.8 Å². The predicted octanol–water partition coefficient (Wildman–Crippen LogP) is 2.69. The minimum absolute atomic E-state index is 0.0196. The molecule has 1 aromatic carbocycles. The van der Waals surface area contributed by atoms with Gasteiger partial charge in [0.2, 0.25) is 0 Å². The van der Waals surface area contributed by atoms with E-state index in [9.17, 15) is 9.59 Å². The lowest BCUT2D eigenvalue weighted by molar-refractivity contribution is 0.0691. The van der Waals surface area contributed by atoms with Crippen molar-refractivity contribution in [3.63, 3.8) is 0 Å². The van der Waals surface area contributed by atoms with E-state index in [-0.39, 0.29) is 17.0 Å². The number of pyridine rings is 1. The van der Waals surface area contributed by atoms with Crippen LogP contribution >= 0.6 is 11.8 Å². The van der Waals surface area contributed by atoms with Crippen LogP contribution in [0.5, 0.6) is 0 Å². The van der Waals surface area contributed by atoms with E-state index in [0.29, 0.717) is 6.54 Å². The average molecular weight is 316 g/mol. The third-order valence-electron chi connectivity index (χ3n) is 2.93. The van der Waals surface area contributed by atoms with Gasteiger partial charge in [-0.2, -0.15) is 0 Å². The Bertz CT molecular complexity index is 647. The minimum Gasteiger partial charge on any atom is -0.478 e. The smallest absolute Gasteiger partial charge is 0.336 e. The summed E-state index contributed by atoms with van der Waals surface area (Å²) in [6.45, 7) is 0.505. The van der Waals surface area contributed by atoms with Crippen LogP contribution in [0.2, 0.25) is 0 Å². The second-order valence-corrected chi connectivity index (χ2v) is 5.66. The van der Waals surface area contributed by atoms with Crippen LogP contribution in [0, 0.1) is 0 Å². The predicted molar refractivity (Wildman–Crippen MR) is 85.3 cm³/mol. The number of aromatic nitrogens is 1. The molecule has 0 fully saturated rings. The first-order valence-corrected chi connectivity index (χ1v) is 7.80. The summed E-state index contributed by atoms with van der Waals surface area (Å²) in [7, 11) is 0. The number of thioether (sulfide) groups is 1. The maximum atomic E-state index is 12.0. The highest BCUT2D eigenvalue weighted by Crippen LogP contribution is 2.16. The highest BCUT2D eigenvalue weighted by Gasteiger charge is 2.14. The molecular weight excluding hydrogens is 300 g/mol. The monoisotopic (exact) mass is 316 g/mol. The Kier molecular flexibility index (Phi) is 5.97. The number of hydrogen-bond acceptors (Lipinski definition) is 4. The molecule has 0 spiro atoms. The van der Waals surface area contributed by atoms with Gasteiger partial charge in [0.05, 0.1) is 11.1 Å². The first-order valence-electron chi connectivity index (χ1n) is 6.82. The first kappa shape index (κ1) is 16.0. The van der Waals surface area contributed by atoms with Gasteiger partial charge < -0.3 is 10.4 Å². The number of aromatic carboxylic acids is 1. The molecule has 0 unspecified atom stereocenters. The van der Waals surface area contributed by atoms with Crippen molar-refractivity contribution >= 4 is 23.6 Å². The normalized spacial score (nSPS) is 10.2. The quantitative estimate of drug-likeness (QED) is 0.606. The minimum atomic E-state index is -1.10. The van der Waals surface area contributed by atoms with Gasteiger partial charge in [0.15, 0.2) is 0 Å². The molecule has 0 bridgehead atoms. The zero-order valence-electron chi connectivity index (χ0n) is 11.9. The van der Waals surface area contributed by atoms with Gasteiger partial charge in [0.25, 0.3) is 5.91 Å². The van der Waals surface area contributed by atoms with Gasteiger partial charge in [-0.1, -0.05) is 12.1 Å². The Morgan fingerprint density at radius 2 is 1.77 bits per heavy atom. The van der Waals surface area contributed by atoms with Gasteiger partial charge in [-0.05, 0) is 36.4 Å². The van der Waals surface area contributed by atoms with E-state index >= 15 is 0 Å². The molecular formula is C16H16N2O3S. The highest BCUT2D eigenvalue weighted by atomic mass is 32.2. The summed E-state index contributed by atoms with van der Waals surface area (Å²) in [5.74, 6) is -0.587. The van der Waals surface area contributed by atoms with Crippen LogP contribution in [-0.4, -0.2) is 34.3 Å². The second kappa shape index (κ2) is 8.19. The van der Waals surface area contributed by atoms with Crippen LogP contribution < -0.4 is 5.32 Å². The summed E-state index contributed by atoms with van der Waals surface area (Å²) in [6.07, 6.45) is 4.29. The van der Waals surface area contributed by atoms with Crippen LogP contribution in [-0.2, 0) is 0 Å². The van der Waals surface area contributed by atoms with Crippen molar-refractivity contribution in [3.8, 4) is 0 Å². The van der Waals surface area contributed by atoms with Gasteiger partial charge in [0.1, 0.15) is 0 Å². The average Bonchev–Trinajstić information content (AvgIpc) is 2.55. The second-order valence-electron chi connectivity index (χ2n) is 4.49. The summed E-state index contributed by atoms with van der Waals surface area (Å²) in [4.78, 5) is 28.2. The molecule has 0 aliphatic carbocycles. The SMILES string of the molecule is O=C(O)c1ccccc1C(=O)NCCCSc1ccncc1. The Morgan fingerprint density at radius 3 is 2.45 bits per heavy atom. The zero-order valence-corrected chi connectivity index (χ0v) is 12.7. The zero-order chi connectivity index (χ0) is 15.8. The number of benzene rings is 1. The van der Waals surface area contributed by atoms with E-state index in [2.05, 4.69) is 10.3 Å². The lowest BCUT2D eigenvalue weighted by Gasteiger charge is -2.07. The number of nitrogens with one attached hydrogen (secondary N) is 1. The summed E-state index contributed by atoms with van der Waals surface area (Å²) >= 11 is 1.69. The van der Waals surface area contributed by atoms with E-state index < -0.39 is 5.97 Å². The largest absolute Gasteiger partial charge is 0.478 e. The van der Waals surface area contributed by atoms with Crippen molar-refractivity contribution in [1.82, 2.24) is 10.3 Å². The van der Waals surface area contributed by atoms with Crippen molar-refractivity contribution in [1.29, 1.82) is 0 Å². The molecule has 2 aromatic rings. The molecule has 0 radical (unpaired) electrons. The lowest BCUT2D eigenvalue weighted by atomic mass is 10.1. The summed E-state index contributed by atoms with van der Waals surface area (Å²) in [5, 5.41) is 11.8. The van der Waals surface area contributed by atoms with E-state index in [1.54, 1.807) is 36.3 Å². The topological polar surface area (TPSA) is 79.3 Å². The first-order chi connectivity index (χ1) is 10.7. The van der Waals surface area contributed by atoms with Crippen molar-refractivity contribution < 1.29 is 14.7 Å². The number of hydrogen-bond donors (Lipinski definition) is 2. The van der Waals surface area contributed by atoms with Crippen LogP contribution in [0.4, 0.5) is 0 Å². The number of nitrogens with zero attached hydrogens (tertiary/aromatic N) is 1. The number of carboxylic acid groups (broad SMARTS) is 1. The number of carbonyl (C=O) groups excluding carboxylic acids is 1. The Hall–Kier alpha value is -2.34. The van der Waals surface area contributed by atoms with Gasteiger partial charge in [-0.3, -0.25) is 9.78 Å². The Labute approximate surface area is 132 Å². The van der Waals surface area contributed by atoms with Crippen LogP contribution in [0.3, 0.4) is 0 Å². The molecule has 1 amide bonds. The van der Waals surface area contributed by atoms with E-state index in [1.807, 2.05) is 12.1 Å². The third kappa shape index (κ3) is 4.60. The molecule has 0 saturated carbocycles. The highest BCUT2D eigenvalue weighted by molar-refractivity contribution is 7.99. The van der Waals surface area contributed by atoms with Crippen molar-refractivity contribution in [2.45, 2.75) is 11.3 Å². The maximum absolute atomic E-state index is 12.0. The molecule has 22 heavy (non-hydrogen) atoms. The van der Waals surface area contributed by atoms with E-state index in [1.165, 1.54) is 12.1 Å². The van der Waals surface area contributed by atoms with E-state index in [0.717, 1.165) is 17.1 Å². The van der Waals surface area contributed by atoms with E-state index in [4.69, 9.17) is 5.11 Å². The van der Waals surface area contributed by atoms with Gasteiger partial charge in [0, 0.05) is 23.8 Å². The molecule has 0 aliphatic rings. The fourth-order valence-corrected chi connectivity index (χ4v) is 2.70. The summed E-state index contributed by atoms with van der Waals surface area (Å²) < 4.78 is 0. The van der Waals surface area contributed by atoms with Crippen molar-refractivity contribution in [2.24, 2.45) is 0 Å². The van der Waals surface area contributed by atoms with Crippen LogP contribution in [0.15, 0.2) is 53.7 Å². The summed E-state index contributed by atoms with van der Waals surface area (Å²) in [5.41, 5.74) is 0.211. The molecule has 2 N–H and O–H groups in total. The molecule has 0 saturated heterocycles.